The summed E-state index contributed by atoms with van der Waals surface area (Å²) in [5, 5.41) is 29.4. The monoisotopic (exact) mass is 375 g/mol. The van der Waals surface area contributed by atoms with Gasteiger partial charge in [0.15, 0.2) is 0 Å². The lowest BCUT2D eigenvalue weighted by atomic mass is 10.1. The van der Waals surface area contributed by atoms with Crippen LogP contribution in [0.3, 0.4) is 0 Å². The Balaban J connectivity index is 1.94. The van der Waals surface area contributed by atoms with Crippen molar-refractivity contribution in [2.45, 2.75) is 0 Å². The zero-order chi connectivity index (χ0) is 17.8. The van der Waals surface area contributed by atoms with Crippen molar-refractivity contribution < 1.29 is 9.84 Å². The summed E-state index contributed by atoms with van der Waals surface area (Å²) in [6, 6.07) is 8.99. The van der Waals surface area contributed by atoms with Crippen molar-refractivity contribution in [2.24, 2.45) is 10.2 Å². The van der Waals surface area contributed by atoms with Crippen LogP contribution in [0.25, 0.3) is 10.8 Å². The Morgan fingerprint density at radius 1 is 1.24 bits per heavy atom. The molecule has 0 spiro atoms. The van der Waals surface area contributed by atoms with Gasteiger partial charge in [0.05, 0.1) is 7.11 Å². The molecule has 0 saturated heterocycles. The molecule has 3 rings (SSSR count). The first kappa shape index (κ1) is 17.4. The second-order valence-electron chi connectivity index (χ2n) is 5.23. The van der Waals surface area contributed by atoms with Crippen LogP contribution in [0.4, 0.5) is 16.0 Å². The minimum Gasteiger partial charge on any atom is -0.506 e. The zero-order valence-corrected chi connectivity index (χ0v) is 15.5. The summed E-state index contributed by atoms with van der Waals surface area (Å²) in [4.78, 5) is 1.95. The normalized spacial score (nSPS) is 11.3. The quantitative estimate of drug-likeness (QED) is 0.499. The second kappa shape index (κ2) is 7.66. The zero-order valence-electron chi connectivity index (χ0n) is 13.7. The summed E-state index contributed by atoms with van der Waals surface area (Å²) in [5.74, 6) is 1.45. The van der Waals surface area contributed by atoms with E-state index in [2.05, 4.69) is 33.1 Å². The van der Waals surface area contributed by atoms with Crippen molar-refractivity contribution in [3.63, 3.8) is 0 Å². The molecule has 0 amide bonds. The van der Waals surface area contributed by atoms with Crippen LogP contribution in [-0.2, 0) is 0 Å². The SMILES string of the molecule is COc1ccc2ccc(O)c(/N=N/c3nnc(N(C)CCS)s3)c2c1. The van der Waals surface area contributed by atoms with Crippen LogP contribution in [0.1, 0.15) is 0 Å². The van der Waals surface area contributed by atoms with Crippen molar-refractivity contribution in [1.82, 2.24) is 10.2 Å². The average molecular weight is 375 g/mol. The van der Waals surface area contributed by atoms with E-state index in [0.29, 0.717) is 16.6 Å². The molecule has 0 atom stereocenters. The molecule has 130 valence electrons. The maximum absolute atomic E-state index is 10.2. The molecule has 0 radical (unpaired) electrons. The first-order chi connectivity index (χ1) is 12.1. The Hall–Kier alpha value is -2.39. The largest absolute Gasteiger partial charge is 0.506 e. The molecule has 0 fully saturated rings. The van der Waals surface area contributed by atoms with E-state index in [1.54, 1.807) is 13.2 Å². The topological polar surface area (TPSA) is 83.2 Å². The number of nitrogens with zero attached hydrogens (tertiary/aromatic N) is 5. The number of hydrogen-bond donors (Lipinski definition) is 2. The number of phenols is 1. The van der Waals surface area contributed by atoms with E-state index in [1.165, 1.54) is 11.3 Å². The molecule has 25 heavy (non-hydrogen) atoms. The first-order valence-electron chi connectivity index (χ1n) is 7.49. The predicted molar refractivity (Wildman–Crippen MR) is 103 cm³/mol. The van der Waals surface area contributed by atoms with E-state index in [0.717, 1.165) is 28.2 Å². The van der Waals surface area contributed by atoms with E-state index in [-0.39, 0.29) is 5.75 Å². The van der Waals surface area contributed by atoms with Crippen LogP contribution >= 0.6 is 24.0 Å². The van der Waals surface area contributed by atoms with Gasteiger partial charge >= 0.3 is 0 Å². The Morgan fingerprint density at radius 2 is 2.04 bits per heavy atom. The molecular formula is C16H17N5O2S2. The Labute approximate surface area is 154 Å². The predicted octanol–water partition coefficient (Wildman–Crippen LogP) is 4.19. The van der Waals surface area contributed by atoms with Crippen LogP contribution in [-0.4, -0.2) is 41.8 Å². The van der Waals surface area contributed by atoms with Gasteiger partial charge in [-0.1, -0.05) is 23.5 Å². The lowest BCUT2D eigenvalue weighted by Gasteiger charge is -2.11. The minimum absolute atomic E-state index is 0.0430. The number of hydrogen-bond acceptors (Lipinski definition) is 9. The van der Waals surface area contributed by atoms with Crippen LogP contribution in [0, 0.1) is 0 Å². The number of thiol groups is 1. The van der Waals surface area contributed by atoms with Crippen LogP contribution in [0.2, 0.25) is 0 Å². The number of methoxy groups -OCH3 is 1. The molecule has 2 aromatic carbocycles. The number of fused-ring (bicyclic) bond motifs is 1. The minimum atomic E-state index is 0.0430. The molecular weight excluding hydrogens is 358 g/mol. The summed E-state index contributed by atoms with van der Waals surface area (Å²) >= 11 is 5.52. The van der Waals surface area contributed by atoms with Gasteiger partial charge in [0.25, 0.3) is 5.13 Å². The van der Waals surface area contributed by atoms with Gasteiger partial charge < -0.3 is 14.7 Å². The number of rotatable bonds is 6. The second-order valence-corrected chi connectivity index (χ2v) is 6.61. The standard InChI is InChI=1S/C16H17N5O2S2/c1-21(7-8-24)16-20-19-15(25-16)18-17-14-12-9-11(23-2)5-3-10(12)4-6-13(14)22/h3-6,9,22,24H,7-8H2,1-2H3/b18-17+. The van der Waals surface area contributed by atoms with Gasteiger partial charge in [-0.25, -0.2) is 0 Å². The van der Waals surface area contributed by atoms with E-state index in [4.69, 9.17) is 4.74 Å². The highest BCUT2D eigenvalue weighted by atomic mass is 32.1. The molecule has 7 nitrogen and oxygen atoms in total. The maximum Gasteiger partial charge on any atom is 0.253 e. The summed E-state index contributed by atoms with van der Waals surface area (Å²) in [6.45, 7) is 0.763. The first-order valence-corrected chi connectivity index (χ1v) is 8.94. The van der Waals surface area contributed by atoms with Crippen LogP contribution in [0.5, 0.6) is 11.5 Å². The van der Waals surface area contributed by atoms with E-state index in [1.807, 2.05) is 36.2 Å². The fourth-order valence-corrected chi connectivity index (χ4v) is 3.20. The molecule has 0 aliphatic heterocycles. The Bertz CT molecular complexity index is 913. The van der Waals surface area contributed by atoms with E-state index < -0.39 is 0 Å². The Morgan fingerprint density at radius 3 is 2.80 bits per heavy atom. The molecule has 0 saturated carbocycles. The molecule has 9 heteroatoms. The van der Waals surface area contributed by atoms with Crippen molar-refractivity contribution in [1.29, 1.82) is 0 Å². The van der Waals surface area contributed by atoms with Crippen molar-refractivity contribution >= 4 is 50.7 Å². The molecule has 3 aromatic rings. The highest BCUT2D eigenvalue weighted by Crippen LogP contribution is 2.38. The van der Waals surface area contributed by atoms with Crippen molar-refractivity contribution in [3.8, 4) is 11.5 Å². The number of phenolic OH excluding ortho intramolecular Hbond substituents is 1. The van der Waals surface area contributed by atoms with Crippen molar-refractivity contribution in [3.05, 3.63) is 30.3 Å². The van der Waals surface area contributed by atoms with Gasteiger partial charge in [0.1, 0.15) is 17.2 Å². The van der Waals surface area contributed by atoms with Gasteiger partial charge in [-0.05, 0) is 23.6 Å². The van der Waals surface area contributed by atoms with Gasteiger partial charge in [-0.2, -0.15) is 12.6 Å². The fourth-order valence-electron chi connectivity index (χ4n) is 2.24. The molecule has 0 bridgehead atoms. The highest BCUT2D eigenvalue weighted by molar-refractivity contribution is 7.80. The molecule has 0 aliphatic carbocycles. The number of anilines is 1. The third kappa shape index (κ3) is 3.83. The molecule has 1 heterocycles. The molecule has 0 unspecified atom stereocenters. The fraction of sp³-hybridized carbons (Fsp3) is 0.250. The summed E-state index contributed by atoms with van der Waals surface area (Å²) in [6.07, 6.45) is 0. The summed E-state index contributed by atoms with van der Waals surface area (Å²) in [5.41, 5.74) is 0.372. The highest BCUT2D eigenvalue weighted by Gasteiger charge is 2.10. The van der Waals surface area contributed by atoms with Crippen molar-refractivity contribution in [2.75, 3.05) is 31.4 Å². The number of ether oxygens (including phenoxy) is 1. The molecule has 0 aliphatic rings. The number of benzene rings is 2. The number of azo groups is 1. The third-order valence-corrected chi connectivity index (χ3v) is 4.70. The summed E-state index contributed by atoms with van der Waals surface area (Å²) in [7, 11) is 3.51. The third-order valence-electron chi connectivity index (χ3n) is 3.58. The van der Waals surface area contributed by atoms with E-state index in [9.17, 15) is 5.11 Å². The smallest absolute Gasteiger partial charge is 0.253 e. The molecule has 1 aromatic heterocycles. The number of aromatic nitrogens is 2. The van der Waals surface area contributed by atoms with Crippen LogP contribution in [0.15, 0.2) is 40.6 Å². The molecule has 1 N–H and O–H groups in total. The van der Waals surface area contributed by atoms with Gasteiger partial charge in [0, 0.05) is 24.7 Å². The average Bonchev–Trinajstić information content (AvgIpc) is 3.09. The van der Waals surface area contributed by atoms with E-state index >= 15 is 0 Å². The van der Waals surface area contributed by atoms with Gasteiger partial charge in [-0.3, -0.25) is 0 Å². The summed E-state index contributed by atoms with van der Waals surface area (Å²) < 4.78 is 5.25. The number of aromatic hydroxyl groups is 1. The van der Waals surface area contributed by atoms with Crippen LogP contribution < -0.4 is 9.64 Å². The Kier molecular flexibility index (Phi) is 5.34. The lowest BCUT2D eigenvalue weighted by Crippen LogP contribution is -2.19. The lowest BCUT2D eigenvalue weighted by molar-refractivity contribution is 0.415. The maximum atomic E-state index is 10.2. The van der Waals surface area contributed by atoms with Gasteiger partial charge in [0.2, 0.25) is 5.13 Å². The van der Waals surface area contributed by atoms with Gasteiger partial charge in [-0.15, -0.1) is 20.4 Å².